The molecule has 4 nitrogen and oxygen atoms in total. The van der Waals surface area contributed by atoms with Crippen LogP contribution in [0.25, 0.3) is 0 Å². The van der Waals surface area contributed by atoms with Crippen molar-refractivity contribution in [2.45, 2.75) is 0 Å². The first-order chi connectivity index (χ1) is 3.00. The number of rotatable bonds is 0. The quantitative estimate of drug-likeness (QED) is 0.324. The van der Waals surface area contributed by atoms with E-state index >= 15 is 0 Å². The van der Waals surface area contributed by atoms with Gasteiger partial charge in [0.1, 0.15) is 0 Å². The molecule has 0 fully saturated rings. The van der Waals surface area contributed by atoms with E-state index in [2.05, 4.69) is 25.2 Å². The predicted octanol–water partition coefficient (Wildman–Crippen LogP) is -1.03. The fourth-order valence-electron chi connectivity index (χ4n) is 0. The van der Waals surface area contributed by atoms with E-state index in [1.807, 2.05) is 0 Å². The molecule has 0 bridgehead atoms. The maximum atomic E-state index is 8.52. The Bertz CT molecular complexity index is 99.2. The average Bonchev–Trinajstić information content (AvgIpc) is 1.36. The van der Waals surface area contributed by atoms with Gasteiger partial charge in [-0.1, -0.05) is 0 Å². The van der Waals surface area contributed by atoms with Crippen LogP contribution in [0.3, 0.4) is 0 Å². The maximum absolute atomic E-state index is 8.52. The van der Waals surface area contributed by atoms with Crippen LogP contribution >= 0.6 is 10.1 Å². The second-order valence-electron chi connectivity index (χ2n) is 0.408. The van der Waals surface area contributed by atoms with E-state index in [0.717, 1.165) is 0 Å². The van der Waals surface area contributed by atoms with E-state index in [-0.39, 0.29) is 48.9 Å². The third kappa shape index (κ3) is 85.6. The first-order valence-electron chi connectivity index (χ1n) is 0.810. The second-order valence-corrected chi connectivity index (χ2v) is 1.22. The summed E-state index contributed by atoms with van der Waals surface area (Å²) < 4.78 is 34.1. The van der Waals surface area contributed by atoms with Crippen LogP contribution in [0.15, 0.2) is 0 Å². The van der Waals surface area contributed by atoms with Crippen LogP contribution in [0.5, 0.6) is 0 Å². The molecule has 0 saturated carbocycles. The second kappa shape index (κ2) is 9.25. The third-order valence-corrected chi connectivity index (χ3v) is 0. The Morgan fingerprint density at radius 1 is 1.25 bits per heavy atom. The molecule has 0 spiro atoms. The molecular formula is BaClMnO4S. The van der Waals surface area contributed by atoms with Crippen LogP contribution in [-0.2, 0) is 25.5 Å². The minimum absolute atomic E-state index is 0. The van der Waals surface area contributed by atoms with Crippen molar-refractivity contribution >= 4 is 69.4 Å². The molecule has 0 aromatic heterocycles. The van der Waals surface area contributed by atoms with E-state index in [0.29, 0.717) is 0 Å². The monoisotopic (exact) mass is 324 g/mol. The summed E-state index contributed by atoms with van der Waals surface area (Å²) in [6.07, 6.45) is 0. The van der Waals surface area contributed by atoms with Crippen molar-refractivity contribution in [3.05, 3.63) is 0 Å². The molecule has 0 saturated heterocycles. The molecule has 0 rings (SSSR count). The Kier molecular flexibility index (Phi) is 19.3. The fourth-order valence-corrected chi connectivity index (χ4v) is 0. The van der Waals surface area contributed by atoms with Gasteiger partial charge in [-0.15, -0.1) is 0 Å². The Labute approximate surface area is 100 Å². The van der Waals surface area contributed by atoms with Crippen LogP contribution in [0.1, 0.15) is 0 Å². The molecule has 0 aliphatic heterocycles. The molecule has 0 aromatic rings. The Morgan fingerprint density at radius 2 is 1.25 bits per heavy atom. The van der Waals surface area contributed by atoms with Gasteiger partial charge in [0.25, 0.3) is 0 Å². The summed E-state index contributed by atoms with van der Waals surface area (Å²) in [5.41, 5.74) is 0. The summed E-state index contributed by atoms with van der Waals surface area (Å²) >= 11 is 2.41. The van der Waals surface area contributed by atoms with Gasteiger partial charge in [0.2, 0.25) is 0 Å². The van der Waals surface area contributed by atoms with Crippen molar-refractivity contribution in [3.8, 4) is 0 Å². The van der Waals surface area contributed by atoms with Gasteiger partial charge in [0.05, 0.1) is 0 Å². The van der Waals surface area contributed by atoms with Crippen LogP contribution < -0.4 is 0 Å². The van der Waals surface area contributed by atoms with Crippen molar-refractivity contribution in [3.63, 3.8) is 0 Å². The molecule has 0 N–H and O–H groups in total. The van der Waals surface area contributed by atoms with E-state index in [1.165, 1.54) is 0 Å². The molecule has 0 aromatic carbocycles. The van der Waals surface area contributed by atoms with Gasteiger partial charge in [0, 0.05) is 10.4 Å². The van der Waals surface area contributed by atoms with E-state index in [4.69, 9.17) is 17.5 Å². The van der Waals surface area contributed by atoms with Crippen LogP contribution in [0.2, 0.25) is 0 Å². The molecule has 8 heavy (non-hydrogen) atoms. The first kappa shape index (κ1) is 16.7. The zero-order chi connectivity index (χ0) is 6.50. The number of hydrogen-bond acceptors (Lipinski definition) is 4. The van der Waals surface area contributed by atoms with Gasteiger partial charge >= 0.3 is 74.1 Å². The molecule has 8 heteroatoms. The molecule has 0 radical (unpaired) electrons. The van der Waals surface area contributed by atoms with E-state index in [9.17, 15) is 0 Å². The topological polar surface area (TPSA) is 80.3 Å². The summed E-state index contributed by atoms with van der Waals surface area (Å²) in [5, 5.41) is 0. The standard InChI is InChI=1S/Ba.ClH.Mn.H2O4S/c;;;1-5(2,3)4/h;1H;;(H2,1,2,3,4)/q+2;;+1;/p-3. The minimum atomic E-state index is -5.17. The zero-order valence-electron chi connectivity index (χ0n) is 3.50. The summed E-state index contributed by atoms with van der Waals surface area (Å²) in [4.78, 5) is 0. The van der Waals surface area contributed by atoms with Crippen molar-refractivity contribution < 1.29 is 32.6 Å². The van der Waals surface area contributed by atoms with Crippen LogP contribution in [-0.4, -0.2) is 66.4 Å². The molecule has 0 amide bonds. The molecular weight excluding hydrogens is 324 g/mol. The number of halogens is 1. The Hall–Kier alpha value is 2.25. The normalized spacial score (nSPS) is 8.00. The SMILES string of the molecule is O=S(=O)([O-])[O-].[Ba+2].[Cl][Mn]. The molecule has 0 heterocycles. The third-order valence-electron chi connectivity index (χ3n) is 0. The van der Waals surface area contributed by atoms with Crippen molar-refractivity contribution in [1.29, 1.82) is 0 Å². The van der Waals surface area contributed by atoms with Gasteiger partial charge < -0.3 is 9.11 Å². The molecule has 0 unspecified atom stereocenters. The summed E-state index contributed by atoms with van der Waals surface area (Å²) in [5.74, 6) is 0. The Morgan fingerprint density at radius 3 is 1.25 bits per heavy atom. The fraction of sp³-hybridized carbons (Fsp3) is 0. The van der Waals surface area contributed by atoms with Gasteiger partial charge in [-0.3, -0.25) is 8.42 Å². The Balaban J connectivity index is -0.0000000750. The molecule has 0 atom stereocenters. The summed E-state index contributed by atoms with van der Waals surface area (Å²) in [6, 6.07) is 0. The average molecular weight is 324 g/mol. The van der Waals surface area contributed by atoms with E-state index in [1.54, 1.807) is 0 Å². The zero-order valence-corrected chi connectivity index (χ0v) is 10.7. The van der Waals surface area contributed by atoms with Crippen molar-refractivity contribution in [2.24, 2.45) is 0 Å². The molecule has 0 aliphatic rings. The van der Waals surface area contributed by atoms with Gasteiger partial charge in [-0.2, -0.15) is 0 Å². The first-order valence-corrected chi connectivity index (χ1v) is 3.77. The summed E-state index contributed by atoms with van der Waals surface area (Å²) in [7, 11) is -0.715. The van der Waals surface area contributed by atoms with Crippen molar-refractivity contribution in [1.82, 2.24) is 0 Å². The predicted molar refractivity (Wildman–Crippen MR) is 22.1 cm³/mol. The van der Waals surface area contributed by atoms with Gasteiger partial charge in [-0.25, -0.2) is 0 Å². The number of hydrogen-bond donors (Lipinski definition) is 0. The van der Waals surface area contributed by atoms with Gasteiger partial charge in [-0.05, 0) is 0 Å². The molecule has 46 valence electrons. The van der Waals surface area contributed by atoms with Gasteiger partial charge in [0.15, 0.2) is 0 Å². The molecule has 0 aliphatic carbocycles. The van der Waals surface area contributed by atoms with Crippen LogP contribution in [0, 0.1) is 0 Å². The van der Waals surface area contributed by atoms with Crippen LogP contribution in [0.4, 0.5) is 0 Å². The van der Waals surface area contributed by atoms with E-state index < -0.39 is 10.4 Å². The van der Waals surface area contributed by atoms with Crippen molar-refractivity contribution in [2.75, 3.05) is 0 Å². The summed E-state index contributed by atoms with van der Waals surface area (Å²) in [6.45, 7) is 0.